The Kier molecular flexibility index (Phi) is 75.6. The predicted octanol–water partition coefficient (Wildman–Crippen LogP) is 26.5. The lowest BCUT2D eigenvalue weighted by atomic mass is 10.0. The standard InChI is InChI=1S/C87H170O17P2/c1-8-9-10-11-12-13-14-15-16-17-18-19-20-24-27-30-33-39-47-54-61-68-84(89)97-74-82(103-86(91)70-63-56-49-40-34-31-28-25-22-21-23-26-29-32-37-44-51-58-65-78(2)3)76-101-105(93,94)99-72-81(88)73-100-106(95,96)102-77-83(75-98-85(90)69-62-55-48-43-42-46-53-60-67-80(6)7)104-87(92)71-64-57-50-41-36-35-38-45-52-59-66-79(4)5/h78-83,88H,8-77H2,1-7H3,(H,93,94)(H,95,96)/t81-,82-,83-/m1/s1. The third-order valence-corrected chi connectivity index (χ3v) is 22.3. The lowest BCUT2D eigenvalue weighted by Crippen LogP contribution is -2.30. The quantitative estimate of drug-likeness (QED) is 0.0222. The van der Waals surface area contributed by atoms with E-state index in [1.54, 1.807) is 0 Å². The van der Waals surface area contributed by atoms with E-state index in [1.165, 1.54) is 270 Å². The summed E-state index contributed by atoms with van der Waals surface area (Å²) in [5, 5.41) is 10.7. The minimum absolute atomic E-state index is 0.106. The smallest absolute Gasteiger partial charge is 0.462 e. The fourth-order valence-corrected chi connectivity index (χ4v) is 15.1. The second kappa shape index (κ2) is 77.0. The Morgan fingerprint density at radius 1 is 0.255 bits per heavy atom. The van der Waals surface area contributed by atoms with Crippen molar-refractivity contribution in [3.05, 3.63) is 0 Å². The largest absolute Gasteiger partial charge is 0.472 e. The zero-order valence-electron chi connectivity index (χ0n) is 69.9. The van der Waals surface area contributed by atoms with Crippen LogP contribution >= 0.6 is 15.6 Å². The first kappa shape index (κ1) is 104. The molecule has 0 fully saturated rings. The molecule has 0 saturated carbocycles. The van der Waals surface area contributed by atoms with E-state index < -0.39 is 97.5 Å². The van der Waals surface area contributed by atoms with Gasteiger partial charge in [0.15, 0.2) is 12.2 Å². The molecule has 0 heterocycles. The number of carbonyl (C=O) groups excluding carboxylic acids is 4. The molecule has 630 valence electrons. The summed E-state index contributed by atoms with van der Waals surface area (Å²) >= 11 is 0. The number of carbonyl (C=O) groups is 4. The maximum atomic E-state index is 13.2. The third-order valence-electron chi connectivity index (χ3n) is 20.4. The van der Waals surface area contributed by atoms with E-state index in [9.17, 15) is 43.2 Å². The molecule has 0 amide bonds. The number of hydrogen-bond acceptors (Lipinski definition) is 15. The summed E-state index contributed by atoms with van der Waals surface area (Å²) in [4.78, 5) is 73.2. The summed E-state index contributed by atoms with van der Waals surface area (Å²) < 4.78 is 68.9. The second-order valence-corrected chi connectivity index (χ2v) is 35.6. The van der Waals surface area contributed by atoms with E-state index in [1.807, 2.05) is 0 Å². The van der Waals surface area contributed by atoms with Gasteiger partial charge >= 0.3 is 39.5 Å². The number of aliphatic hydroxyl groups is 1. The molecular weight excluding hydrogens is 1380 g/mol. The molecule has 0 aliphatic carbocycles. The van der Waals surface area contributed by atoms with Crippen LogP contribution in [0.3, 0.4) is 0 Å². The molecular formula is C87H170O17P2. The summed E-state index contributed by atoms with van der Waals surface area (Å²) in [6.07, 6.45) is 68.3. The molecule has 5 atom stereocenters. The van der Waals surface area contributed by atoms with Crippen LogP contribution in [0.25, 0.3) is 0 Å². The number of phosphoric ester groups is 2. The van der Waals surface area contributed by atoms with Gasteiger partial charge in [-0.15, -0.1) is 0 Å². The number of unbranched alkanes of at least 4 members (excludes halogenated alkanes) is 53. The highest BCUT2D eigenvalue weighted by Crippen LogP contribution is 2.45. The summed E-state index contributed by atoms with van der Waals surface area (Å²) in [7, 11) is -9.93. The Hall–Kier alpha value is -1.94. The molecule has 0 aromatic carbocycles. The van der Waals surface area contributed by atoms with Gasteiger partial charge in [0.25, 0.3) is 0 Å². The summed E-state index contributed by atoms with van der Waals surface area (Å²) in [6, 6.07) is 0. The van der Waals surface area contributed by atoms with Crippen molar-refractivity contribution < 1.29 is 80.2 Å². The first-order chi connectivity index (χ1) is 51.2. The predicted molar refractivity (Wildman–Crippen MR) is 437 cm³/mol. The van der Waals surface area contributed by atoms with E-state index in [4.69, 9.17) is 37.0 Å². The van der Waals surface area contributed by atoms with Crippen molar-refractivity contribution in [3.8, 4) is 0 Å². The number of esters is 4. The number of rotatable bonds is 85. The van der Waals surface area contributed by atoms with Crippen LogP contribution in [-0.2, 0) is 65.4 Å². The van der Waals surface area contributed by atoms with Gasteiger partial charge in [0.2, 0.25) is 0 Å². The zero-order chi connectivity index (χ0) is 77.9. The molecule has 0 spiro atoms. The van der Waals surface area contributed by atoms with Gasteiger partial charge < -0.3 is 33.8 Å². The number of phosphoric acid groups is 2. The van der Waals surface area contributed by atoms with Crippen LogP contribution in [0, 0.1) is 17.8 Å². The Balaban J connectivity index is 5.22. The van der Waals surface area contributed by atoms with Crippen LogP contribution < -0.4 is 0 Å². The van der Waals surface area contributed by atoms with Gasteiger partial charge in [-0.1, -0.05) is 408 Å². The normalized spacial score (nSPS) is 13.9. The van der Waals surface area contributed by atoms with Gasteiger partial charge in [0, 0.05) is 25.7 Å². The molecule has 0 aromatic heterocycles. The molecule has 19 heteroatoms. The van der Waals surface area contributed by atoms with Gasteiger partial charge in [-0.25, -0.2) is 9.13 Å². The van der Waals surface area contributed by atoms with Gasteiger partial charge in [-0.2, -0.15) is 0 Å². The molecule has 106 heavy (non-hydrogen) atoms. The Labute approximate surface area is 651 Å². The van der Waals surface area contributed by atoms with Crippen LogP contribution in [0.15, 0.2) is 0 Å². The molecule has 0 saturated heterocycles. The highest BCUT2D eigenvalue weighted by Gasteiger charge is 2.30. The highest BCUT2D eigenvalue weighted by molar-refractivity contribution is 7.47. The van der Waals surface area contributed by atoms with Crippen molar-refractivity contribution >= 4 is 39.5 Å². The van der Waals surface area contributed by atoms with Crippen LogP contribution in [0.4, 0.5) is 0 Å². The van der Waals surface area contributed by atoms with E-state index in [2.05, 4.69) is 48.5 Å². The molecule has 3 N–H and O–H groups in total. The van der Waals surface area contributed by atoms with Crippen molar-refractivity contribution in [1.29, 1.82) is 0 Å². The molecule has 0 aliphatic heterocycles. The second-order valence-electron chi connectivity index (χ2n) is 32.7. The van der Waals surface area contributed by atoms with Gasteiger partial charge in [-0.3, -0.25) is 37.3 Å². The molecule has 0 aromatic rings. The van der Waals surface area contributed by atoms with Crippen molar-refractivity contribution in [2.75, 3.05) is 39.6 Å². The lowest BCUT2D eigenvalue weighted by molar-refractivity contribution is -0.161. The summed E-state index contributed by atoms with van der Waals surface area (Å²) in [5.41, 5.74) is 0. The zero-order valence-corrected chi connectivity index (χ0v) is 71.7. The first-order valence-corrected chi connectivity index (χ1v) is 47.8. The Bertz CT molecular complexity index is 2040. The molecule has 0 aliphatic rings. The maximum Gasteiger partial charge on any atom is 0.472 e. The van der Waals surface area contributed by atoms with Crippen molar-refractivity contribution in [3.63, 3.8) is 0 Å². The third kappa shape index (κ3) is 80.1. The van der Waals surface area contributed by atoms with Crippen LogP contribution in [0.2, 0.25) is 0 Å². The first-order valence-electron chi connectivity index (χ1n) is 44.8. The minimum atomic E-state index is -4.97. The molecule has 17 nitrogen and oxygen atoms in total. The number of ether oxygens (including phenoxy) is 4. The van der Waals surface area contributed by atoms with Gasteiger partial charge in [-0.05, 0) is 43.4 Å². The van der Waals surface area contributed by atoms with Crippen molar-refractivity contribution in [2.45, 2.75) is 478 Å². The number of hydrogen-bond donors (Lipinski definition) is 3. The fraction of sp³-hybridized carbons (Fsp3) is 0.954. The van der Waals surface area contributed by atoms with Crippen molar-refractivity contribution in [1.82, 2.24) is 0 Å². The van der Waals surface area contributed by atoms with Gasteiger partial charge in [0.1, 0.15) is 19.3 Å². The molecule has 0 radical (unpaired) electrons. The average molecular weight is 1550 g/mol. The van der Waals surface area contributed by atoms with Gasteiger partial charge in [0.05, 0.1) is 26.4 Å². The topological polar surface area (TPSA) is 237 Å². The van der Waals surface area contributed by atoms with E-state index >= 15 is 0 Å². The Morgan fingerprint density at radius 2 is 0.434 bits per heavy atom. The monoisotopic (exact) mass is 1550 g/mol. The highest BCUT2D eigenvalue weighted by atomic mass is 31.2. The summed E-state index contributed by atoms with van der Waals surface area (Å²) in [5.74, 6) is 0.192. The minimum Gasteiger partial charge on any atom is -0.462 e. The van der Waals surface area contributed by atoms with Crippen LogP contribution in [0.5, 0.6) is 0 Å². The Morgan fingerprint density at radius 3 is 0.642 bits per heavy atom. The van der Waals surface area contributed by atoms with E-state index in [0.29, 0.717) is 25.7 Å². The number of aliphatic hydroxyl groups excluding tert-OH is 1. The SMILES string of the molecule is CCCCCCCCCCCCCCCCCCCCCCCC(=O)OC[C@H](COP(=O)(O)OC[C@@H](O)COP(=O)(O)OC[C@@H](COC(=O)CCCCCCCCCCC(C)C)OC(=O)CCCCCCCCCCCCC(C)C)OC(=O)CCCCCCCCCCCCCCCCCCCCC(C)C. The average Bonchev–Trinajstić information content (AvgIpc) is 0.897. The van der Waals surface area contributed by atoms with E-state index in [-0.39, 0.29) is 25.7 Å². The lowest BCUT2D eigenvalue weighted by Gasteiger charge is -2.21. The van der Waals surface area contributed by atoms with Crippen LogP contribution in [0.1, 0.15) is 459 Å². The molecule has 0 bridgehead atoms. The summed E-state index contributed by atoms with van der Waals surface area (Å²) in [6.45, 7) is 12.0. The fourth-order valence-electron chi connectivity index (χ4n) is 13.5. The van der Waals surface area contributed by atoms with E-state index in [0.717, 1.165) is 108 Å². The van der Waals surface area contributed by atoms with Crippen LogP contribution in [-0.4, -0.2) is 96.7 Å². The molecule has 2 unspecified atom stereocenters. The molecule has 0 rings (SSSR count). The van der Waals surface area contributed by atoms with Crippen molar-refractivity contribution in [2.24, 2.45) is 17.8 Å². The maximum absolute atomic E-state index is 13.2.